The second-order valence-electron chi connectivity index (χ2n) is 3.30. The lowest BCUT2D eigenvalue weighted by atomic mass is 10.1. The van der Waals surface area contributed by atoms with Crippen LogP contribution in [0, 0.1) is 0 Å². The van der Waals surface area contributed by atoms with Gasteiger partial charge in [0.2, 0.25) is 5.91 Å². The van der Waals surface area contributed by atoms with Crippen LogP contribution in [0.3, 0.4) is 0 Å². The normalized spacial score (nSPS) is 21.0. The summed E-state index contributed by atoms with van der Waals surface area (Å²) >= 11 is 3.34. The smallest absolute Gasteiger partial charge is 0.242 e. The van der Waals surface area contributed by atoms with Crippen molar-refractivity contribution in [1.82, 2.24) is 4.98 Å². The molecule has 0 radical (unpaired) electrons. The summed E-state index contributed by atoms with van der Waals surface area (Å²) in [7, 11) is 0. The Hall–Kier alpha value is -0.940. The Kier molecular flexibility index (Phi) is 2.52. The Bertz CT molecular complexity index is 380. The average Bonchev–Trinajstić information content (AvgIpc) is 2.29. The molecule has 0 spiro atoms. The zero-order chi connectivity index (χ0) is 10.1. The molecule has 1 atom stereocenters. The van der Waals surface area contributed by atoms with E-state index in [4.69, 9.17) is 5.73 Å². The summed E-state index contributed by atoms with van der Waals surface area (Å²) in [5, 5.41) is 2.70. The highest BCUT2D eigenvalue weighted by Crippen LogP contribution is 2.22. The van der Waals surface area contributed by atoms with Crippen LogP contribution in [0.15, 0.2) is 16.7 Å². The molecule has 3 N–H and O–H groups in total. The number of aryl methyl sites for hydroxylation is 1. The fourth-order valence-corrected chi connectivity index (χ4v) is 1.81. The number of fused-ring (bicyclic) bond motifs is 1. The van der Waals surface area contributed by atoms with E-state index in [-0.39, 0.29) is 5.91 Å². The summed E-state index contributed by atoms with van der Waals surface area (Å²) in [4.78, 5) is 15.5. The van der Waals surface area contributed by atoms with Gasteiger partial charge in [-0.3, -0.25) is 4.79 Å². The van der Waals surface area contributed by atoms with Crippen molar-refractivity contribution in [2.75, 3.05) is 5.32 Å². The molecule has 0 saturated heterocycles. The number of hydrogen-bond acceptors (Lipinski definition) is 3. The van der Waals surface area contributed by atoms with Gasteiger partial charge in [-0.1, -0.05) is 0 Å². The number of nitrogens with zero attached hydrogens (tertiary/aromatic N) is 1. The van der Waals surface area contributed by atoms with E-state index in [0.717, 1.165) is 16.5 Å². The van der Waals surface area contributed by atoms with E-state index < -0.39 is 6.04 Å². The minimum absolute atomic E-state index is 0.154. The lowest BCUT2D eigenvalue weighted by molar-refractivity contribution is -0.117. The van der Waals surface area contributed by atoms with E-state index in [0.29, 0.717) is 12.2 Å². The number of aromatic nitrogens is 1. The third-order valence-electron chi connectivity index (χ3n) is 2.24. The fourth-order valence-electron chi connectivity index (χ4n) is 1.44. The van der Waals surface area contributed by atoms with Crippen LogP contribution in [-0.2, 0) is 11.2 Å². The molecule has 0 fully saturated rings. The first-order valence-corrected chi connectivity index (χ1v) is 5.17. The van der Waals surface area contributed by atoms with Crippen LogP contribution in [0.4, 0.5) is 5.82 Å². The van der Waals surface area contributed by atoms with Gasteiger partial charge in [0.05, 0.1) is 6.04 Å². The molecule has 74 valence electrons. The topological polar surface area (TPSA) is 68.0 Å². The quantitative estimate of drug-likeness (QED) is 0.729. The van der Waals surface area contributed by atoms with Gasteiger partial charge in [0.15, 0.2) is 0 Å². The van der Waals surface area contributed by atoms with Crippen LogP contribution in [-0.4, -0.2) is 16.9 Å². The minimum Gasteiger partial charge on any atom is -0.320 e. The highest BCUT2D eigenvalue weighted by atomic mass is 79.9. The minimum atomic E-state index is -0.428. The van der Waals surface area contributed by atoms with Crippen molar-refractivity contribution in [2.24, 2.45) is 5.73 Å². The van der Waals surface area contributed by atoms with Gasteiger partial charge >= 0.3 is 0 Å². The third kappa shape index (κ3) is 1.78. The largest absolute Gasteiger partial charge is 0.320 e. The molecule has 1 amide bonds. The van der Waals surface area contributed by atoms with Crippen molar-refractivity contribution in [3.8, 4) is 0 Å². The van der Waals surface area contributed by atoms with Gasteiger partial charge in [-0.2, -0.15) is 0 Å². The summed E-state index contributed by atoms with van der Waals surface area (Å²) in [6.45, 7) is 0. The van der Waals surface area contributed by atoms with E-state index in [2.05, 4.69) is 26.2 Å². The molecule has 4 nitrogen and oxygen atoms in total. The number of hydrogen-bond donors (Lipinski definition) is 2. The van der Waals surface area contributed by atoms with E-state index in [1.807, 2.05) is 6.07 Å². The maximum absolute atomic E-state index is 11.4. The number of nitrogens with one attached hydrogen (secondary N) is 1. The van der Waals surface area contributed by atoms with E-state index in [9.17, 15) is 4.79 Å². The molecule has 1 aliphatic heterocycles. The average molecular weight is 256 g/mol. The maximum Gasteiger partial charge on any atom is 0.242 e. The molecule has 0 aromatic carbocycles. The monoisotopic (exact) mass is 255 g/mol. The molecule has 1 aliphatic rings. The predicted octanol–water partition coefficient (Wildman–Crippen LogP) is 1.06. The summed E-state index contributed by atoms with van der Waals surface area (Å²) in [5.74, 6) is 0.477. The summed E-state index contributed by atoms with van der Waals surface area (Å²) < 4.78 is 0.918. The zero-order valence-electron chi connectivity index (χ0n) is 7.46. The van der Waals surface area contributed by atoms with Crippen LogP contribution in [0.25, 0.3) is 0 Å². The highest BCUT2D eigenvalue weighted by Gasteiger charge is 2.20. The predicted molar refractivity (Wildman–Crippen MR) is 56.9 cm³/mol. The number of pyridine rings is 1. The third-order valence-corrected chi connectivity index (χ3v) is 2.67. The highest BCUT2D eigenvalue weighted by molar-refractivity contribution is 9.10. The van der Waals surface area contributed by atoms with Crippen LogP contribution >= 0.6 is 15.9 Å². The zero-order valence-corrected chi connectivity index (χ0v) is 9.04. The van der Waals surface area contributed by atoms with Gasteiger partial charge in [-0.05, 0) is 40.4 Å². The van der Waals surface area contributed by atoms with E-state index >= 15 is 0 Å². The van der Waals surface area contributed by atoms with Crippen molar-refractivity contribution in [3.63, 3.8) is 0 Å². The molecular weight excluding hydrogens is 246 g/mol. The van der Waals surface area contributed by atoms with E-state index in [1.54, 1.807) is 6.20 Å². The van der Waals surface area contributed by atoms with Gasteiger partial charge in [0.25, 0.3) is 0 Å². The second kappa shape index (κ2) is 3.67. The lowest BCUT2D eigenvalue weighted by Gasteiger charge is -2.05. The molecule has 1 aromatic heterocycles. The van der Waals surface area contributed by atoms with Gasteiger partial charge in [0, 0.05) is 10.7 Å². The lowest BCUT2D eigenvalue weighted by Crippen LogP contribution is -2.34. The van der Waals surface area contributed by atoms with Crippen molar-refractivity contribution in [1.29, 1.82) is 0 Å². The van der Waals surface area contributed by atoms with Crippen LogP contribution in [0.5, 0.6) is 0 Å². The van der Waals surface area contributed by atoms with Crippen molar-refractivity contribution >= 4 is 27.7 Å². The fraction of sp³-hybridized carbons (Fsp3) is 0.333. The number of carbonyl (C=O) groups is 1. The summed E-state index contributed by atoms with van der Waals surface area (Å²) in [6, 6.07) is 1.53. The Morgan fingerprint density at radius 1 is 1.64 bits per heavy atom. The molecule has 14 heavy (non-hydrogen) atoms. The Morgan fingerprint density at radius 2 is 2.43 bits per heavy atom. The SMILES string of the molecule is N[C@H]1CCc2cc(Br)cnc2NC1=O. The van der Waals surface area contributed by atoms with Crippen LogP contribution < -0.4 is 11.1 Å². The first kappa shape index (κ1) is 9.61. The molecule has 2 rings (SSSR count). The van der Waals surface area contributed by atoms with E-state index in [1.165, 1.54) is 0 Å². The van der Waals surface area contributed by atoms with Crippen LogP contribution in [0.1, 0.15) is 12.0 Å². The number of halogens is 1. The number of carbonyl (C=O) groups excluding carboxylic acids is 1. The Morgan fingerprint density at radius 3 is 3.21 bits per heavy atom. The van der Waals surface area contributed by atoms with Crippen LogP contribution in [0.2, 0.25) is 0 Å². The molecule has 2 heterocycles. The van der Waals surface area contributed by atoms with Crippen molar-refractivity contribution < 1.29 is 4.79 Å². The summed E-state index contributed by atoms with van der Waals surface area (Å²) in [5.41, 5.74) is 6.67. The molecule has 0 aliphatic carbocycles. The molecule has 0 saturated carbocycles. The standard InChI is InChI=1S/C9H10BrN3O/c10-6-3-5-1-2-7(11)9(14)13-8(5)12-4-6/h3-4,7H,1-2,11H2,(H,12,13,14)/t7-/m0/s1. The number of amides is 1. The molecule has 1 aromatic rings. The molecule has 5 heteroatoms. The number of rotatable bonds is 0. The van der Waals surface area contributed by atoms with Gasteiger partial charge in [0.1, 0.15) is 5.82 Å². The van der Waals surface area contributed by atoms with Gasteiger partial charge in [-0.15, -0.1) is 0 Å². The maximum atomic E-state index is 11.4. The van der Waals surface area contributed by atoms with Crippen molar-refractivity contribution in [2.45, 2.75) is 18.9 Å². The number of anilines is 1. The first-order chi connectivity index (χ1) is 6.66. The van der Waals surface area contributed by atoms with Gasteiger partial charge < -0.3 is 11.1 Å². The molecular formula is C9H10BrN3O. The van der Waals surface area contributed by atoms with Gasteiger partial charge in [-0.25, -0.2) is 4.98 Å². The molecule has 0 bridgehead atoms. The Balaban J connectivity index is 2.37. The Labute approximate surface area is 90.0 Å². The van der Waals surface area contributed by atoms with Crippen molar-refractivity contribution in [3.05, 3.63) is 22.3 Å². The first-order valence-electron chi connectivity index (χ1n) is 4.37. The number of nitrogens with two attached hydrogens (primary N) is 1. The second-order valence-corrected chi connectivity index (χ2v) is 4.21. The molecule has 0 unspecified atom stereocenters. The summed E-state index contributed by atoms with van der Waals surface area (Å²) in [6.07, 6.45) is 3.11.